The van der Waals surface area contributed by atoms with Crippen LogP contribution in [0.1, 0.15) is 20.3 Å². The van der Waals surface area contributed by atoms with Crippen molar-refractivity contribution < 1.29 is 24.5 Å². The van der Waals surface area contributed by atoms with E-state index in [1.807, 2.05) is 19.1 Å². The number of anilines is 1. The number of carbonyl (C=O) groups is 2. The van der Waals surface area contributed by atoms with Gasteiger partial charge in [-0.2, -0.15) is 0 Å². The third kappa shape index (κ3) is 5.33. The number of nitrogens with zero attached hydrogens (tertiary/aromatic N) is 1. The highest BCUT2D eigenvalue weighted by Crippen LogP contribution is 2.28. The van der Waals surface area contributed by atoms with Crippen LogP contribution >= 0.6 is 0 Å². The molecule has 1 rings (SSSR count). The molecule has 0 saturated carbocycles. The van der Waals surface area contributed by atoms with E-state index in [0.717, 1.165) is 0 Å². The predicted octanol–water partition coefficient (Wildman–Crippen LogP) is 2.09. The van der Waals surface area contributed by atoms with E-state index in [9.17, 15) is 9.59 Å². The Morgan fingerprint density at radius 3 is 2.52 bits per heavy atom. The summed E-state index contributed by atoms with van der Waals surface area (Å²) in [6.07, 6.45) is -0.0627. The van der Waals surface area contributed by atoms with E-state index in [2.05, 4.69) is 0 Å². The summed E-state index contributed by atoms with van der Waals surface area (Å²) in [5, 5.41) is 17.9. The van der Waals surface area contributed by atoms with E-state index in [1.165, 1.54) is 0 Å². The first-order chi connectivity index (χ1) is 9.95. The van der Waals surface area contributed by atoms with Gasteiger partial charge in [0.15, 0.2) is 0 Å². The van der Waals surface area contributed by atoms with E-state index >= 15 is 0 Å². The zero-order valence-corrected chi connectivity index (χ0v) is 12.3. The highest BCUT2D eigenvalue weighted by atomic mass is 16.5. The normalized spacial score (nSPS) is 11.7. The smallest absolute Gasteiger partial charge is 0.308 e. The van der Waals surface area contributed by atoms with Crippen LogP contribution in [-0.2, 0) is 9.59 Å². The van der Waals surface area contributed by atoms with E-state index in [4.69, 9.17) is 14.9 Å². The number of ether oxygens (including phenoxy) is 1. The molecule has 0 bridgehead atoms. The quantitative estimate of drug-likeness (QED) is 0.725. The van der Waals surface area contributed by atoms with Gasteiger partial charge in [0.2, 0.25) is 0 Å². The van der Waals surface area contributed by atoms with Crippen LogP contribution in [0.2, 0.25) is 0 Å². The molecule has 0 fully saturated rings. The second-order valence-electron chi connectivity index (χ2n) is 4.73. The highest BCUT2D eigenvalue weighted by molar-refractivity contribution is 5.72. The summed E-state index contributed by atoms with van der Waals surface area (Å²) < 4.78 is 5.53. The molecule has 2 N–H and O–H groups in total. The van der Waals surface area contributed by atoms with Crippen LogP contribution in [0.4, 0.5) is 5.69 Å². The molecular weight excluding hydrogens is 274 g/mol. The molecule has 1 aromatic carbocycles. The standard InChI is InChI=1S/C15H21NO5/c1-3-21-13-7-5-4-6-12(13)16(9-8-14(17)18)10-11(2)15(19)20/h4-7,11H,3,8-10H2,1-2H3,(H,17,18)(H,19,20). The fraction of sp³-hybridized carbons (Fsp3) is 0.467. The van der Waals surface area contributed by atoms with Crippen molar-refractivity contribution in [3.05, 3.63) is 24.3 Å². The van der Waals surface area contributed by atoms with Crippen molar-refractivity contribution >= 4 is 17.6 Å². The minimum Gasteiger partial charge on any atom is -0.492 e. The summed E-state index contributed by atoms with van der Waals surface area (Å²) in [5.41, 5.74) is 0.716. The average molecular weight is 295 g/mol. The van der Waals surface area contributed by atoms with Gasteiger partial charge in [0, 0.05) is 13.1 Å². The Morgan fingerprint density at radius 1 is 1.29 bits per heavy atom. The lowest BCUT2D eigenvalue weighted by molar-refractivity contribution is -0.140. The monoisotopic (exact) mass is 295 g/mol. The van der Waals surface area contributed by atoms with Crippen LogP contribution in [0.15, 0.2) is 24.3 Å². The summed E-state index contributed by atoms with van der Waals surface area (Å²) in [6.45, 7) is 4.40. The van der Waals surface area contributed by atoms with Crippen LogP contribution in [-0.4, -0.2) is 41.8 Å². The third-order valence-corrected chi connectivity index (χ3v) is 3.02. The molecule has 0 spiro atoms. The number of hydrogen-bond acceptors (Lipinski definition) is 4. The van der Waals surface area contributed by atoms with Crippen molar-refractivity contribution in [3.63, 3.8) is 0 Å². The highest BCUT2D eigenvalue weighted by Gasteiger charge is 2.19. The van der Waals surface area contributed by atoms with Crippen LogP contribution in [0.5, 0.6) is 5.75 Å². The fourth-order valence-electron chi connectivity index (χ4n) is 1.95. The van der Waals surface area contributed by atoms with Gasteiger partial charge in [0.25, 0.3) is 0 Å². The molecule has 21 heavy (non-hydrogen) atoms. The maximum Gasteiger partial charge on any atom is 0.308 e. The van der Waals surface area contributed by atoms with Crippen molar-refractivity contribution in [1.82, 2.24) is 0 Å². The summed E-state index contributed by atoms with van der Waals surface area (Å²) in [6, 6.07) is 7.24. The first kappa shape index (κ1) is 16.8. The van der Waals surface area contributed by atoms with Crippen molar-refractivity contribution in [3.8, 4) is 5.75 Å². The molecule has 0 amide bonds. The van der Waals surface area contributed by atoms with Crippen molar-refractivity contribution in [2.24, 2.45) is 5.92 Å². The lowest BCUT2D eigenvalue weighted by atomic mass is 10.1. The Hall–Kier alpha value is -2.24. The van der Waals surface area contributed by atoms with Gasteiger partial charge in [-0.25, -0.2) is 0 Å². The molecule has 1 unspecified atom stereocenters. The molecule has 6 nitrogen and oxygen atoms in total. The van der Waals surface area contributed by atoms with Gasteiger partial charge in [0.1, 0.15) is 5.75 Å². The molecule has 1 atom stereocenters. The molecule has 0 aliphatic rings. The van der Waals surface area contributed by atoms with Gasteiger partial charge in [-0.3, -0.25) is 9.59 Å². The van der Waals surface area contributed by atoms with E-state index in [-0.39, 0.29) is 19.5 Å². The van der Waals surface area contributed by atoms with Gasteiger partial charge < -0.3 is 19.8 Å². The summed E-state index contributed by atoms with van der Waals surface area (Å²) in [4.78, 5) is 23.6. The van der Waals surface area contributed by atoms with Crippen molar-refractivity contribution in [2.75, 3.05) is 24.6 Å². The summed E-state index contributed by atoms with van der Waals surface area (Å²) in [7, 11) is 0. The Bertz CT molecular complexity index is 489. The summed E-state index contributed by atoms with van der Waals surface area (Å²) >= 11 is 0. The van der Waals surface area contributed by atoms with Gasteiger partial charge >= 0.3 is 11.9 Å². The largest absolute Gasteiger partial charge is 0.492 e. The molecule has 1 aromatic rings. The minimum atomic E-state index is -0.920. The second-order valence-corrected chi connectivity index (χ2v) is 4.73. The first-order valence-corrected chi connectivity index (χ1v) is 6.87. The molecule has 0 aromatic heterocycles. The van der Waals surface area contributed by atoms with Crippen molar-refractivity contribution in [2.45, 2.75) is 20.3 Å². The Labute approximate surface area is 124 Å². The lowest BCUT2D eigenvalue weighted by Gasteiger charge is -2.27. The number of carboxylic acids is 2. The molecule has 0 aliphatic heterocycles. The van der Waals surface area contributed by atoms with Crippen LogP contribution < -0.4 is 9.64 Å². The number of benzene rings is 1. The van der Waals surface area contributed by atoms with E-state index in [1.54, 1.807) is 24.0 Å². The summed E-state index contributed by atoms with van der Waals surface area (Å²) in [5.74, 6) is -1.81. The number of para-hydroxylation sites is 2. The Balaban J connectivity index is 2.98. The fourth-order valence-corrected chi connectivity index (χ4v) is 1.95. The predicted molar refractivity (Wildman–Crippen MR) is 78.9 cm³/mol. The van der Waals surface area contributed by atoms with E-state index < -0.39 is 17.9 Å². The van der Waals surface area contributed by atoms with Gasteiger partial charge in [0.05, 0.1) is 24.6 Å². The third-order valence-electron chi connectivity index (χ3n) is 3.02. The van der Waals surface area contributed by atoms with Crippen LogP contribution in [0, 0.1) is 5.92 Å². The molecule has 116 valence electrons. The Kier molecular flexibility index (Phi) is 6.52. The van der Waals surface area contributed by atoms with E-state index in [0.29, 0.717) is 18.0 Å². The number of hydrogen-bond donors (Lipinski definition) is 2. The molecule has 6 heteroatoms. The second kappa shape index (κ2) is 8.14. The number of aliphatic carboxylic acids is 2. The topological polar surface area (TPSA) is 87.1 Å². The van der Waals surface area contributed by atoms with Gasteiger partial charge in [-0.1, -0.05) is 19.1 Å². The zero-order valence-electron chi connectivity index (χ0n) is 12.3. The molecule has 0 radical (unpaired) electrons. The minimum absolute atomic E-state index is 0.0627. The number of rotatable bonds is 9. The molecule has 0 aliphatic carbocycles. The molecule has 0 heterocycles. The first-order valence-electron chi connectivity index (χ1n) is 6.87. The van der Waals surface area contributed by atoms with Crippen LogP contribution in [0.3, 0.4) is 0 Å². The lowest BCUT2D eigenvalue weighted by Crippen LogP contribution is -2.33. The van der Waals surface area contributed by atoms with Gasteiger partial charge in [-0.15, -0.1) is 0 Å². The molecular formula is C15H21NO5. The maximum absolute atomic E-state index is 11.0. The van der Waals surface area contributed by atoms with Crippen LogP contribution in [0.25, 0.3) is 0 Å². The SMILES string of the molecule is CCOc1ccccc1N(CCC(=O)O)CC(C)C(=O)O. The average Bonchev–Trinajstić information content (AvgIpc) is 2.44. The zero-order chi connectivity index (χ0) is 15.8. The number of carboxylic acid groups (broad SMARTS) is 2. The van der Waals surface area contributed by atoms with Gasteiger partial charge in [-0.05, 0) is 19.1 Å². The Morgan fingerprint density at radius 2 is 1.95 bits per heavy atom. The molecule has 0 saturated heterocycles. The van der Waals surface area contributed by atoms with Crippen molar-refractivity contribution in [1.29, 1.82) is 0 Å². The maximum atomic E-state index is 11.0.